The Hall–Kier alpha value is -2.09. The van der Waals surface area contributed by atoms with Crippen LogP contribution in [0, 0.1) is 0 Å². The van der Waals surface area contributed by atoms with Crippen LogP contribution < -0.4 is 17.1 Å². The van der Waals surface area contributed by atoms with Crippen LogP contribution in [0.4, 0.5) is 5.13 Å². The number of halogens is 2. The Morgan fingerprint density at radius 2 is 2.05 bits per heavy atom. The molecule has 0 saturated carbocycles. The molecule has 0 unspecified atom stereocenters. The van der Waals surface area contributed by atoms with Crippen molar-refractivity contribution in [2.45, 2.75) is 0 Å². The molecule has 0 spiro atoms. The second-order valence-electron chi connectivity index (χ2n) is 4.31. The summed E-state index contributed by atoms with van der Waals surface area (Å²) in [6.07, 6.45) is 0. The molecule has 6 nitrogen and oxygen atoms in total. The Bertz CT molecular complexity index is 960. The van der Waals surface area contributed by atoms with Crippen molar-refractivity contribution in [1.29, 1.82) is 0 Å². The fourth-order valence-electron chi connectivity index (χ4n) is 1.89. The molecule has 3 aromatic rings. The van der Waals surface area contributed by atoms with E-state index in [0.717, 1.165) is 0 Å². The number of aromatic nitrogens is 1. The number of aliphatic imine (C=N–C) groups is 1. The lowest BCUT2D eigenvalue weighted by Gasteiger charge is -2.02. The number of thiazole rings is 1. The Kier molecular flexibility index (Phi) is 3.78. The van der Waals surface area contributed by atoms with Crippen molar-refractivity contribution in [3.63, 3.8) is 0 Å². The van der Waals surface area contributed by atoms with Gasteiger partial charge in [0.2, 0.25) is 5.13 Å². The molecule has 3 rings (SSSR count). The second-order valence-corrected chi connectivity index (χ2v) is 5.99. The maximum atomic E-state index is 12.1. The third-order valence-electron chi connectivity index (χ3n) is 2.74. The highest BCUT2D eigenvalue weighted by Crippen LogP contribution is 2.31. The van der Waals surface area contributed by atoms with Crippen molar-refractivity contribution in [2.24, 2.45) is 16.5 Å². The molecule has 0 aliphatic carbocycles. The summed E-state index contributed by atoms with van der Waals surface area (Å²) in [5, 5.41) is 3.32. The summed E-state index contributed by atoms with van der Waals surface area (Å²) in [4.78, 5) is 20.1. The number of hydrogen-bond acceptors (Lipinski definition) is 5. The van der Waals surface area contributed by atoms with Gasteiger partial charge in [-0.25, -0.2) is 9.78 Å². The molecule has 0 aliphatic rings. The highest BCUT2D eigenvalue weighted by molar-refractivity contribution is 7.13. The zero-order valence-electron chi connectivity index (χ0n) is 10.8. The van der Waals surface area contributed by atoms with Gasteiger partial charge in [0.15, 0.2) is 11.5 Å². The molecule has 0 aliphatic heterocycles. The first kappa shape index (κ1) is 14.8. The number of benzene rings is 1. The van der Waals surface area contributed by atoms with Gasteiger partial charge >= 0.3 is 5.63 Å². The fraction of sp³-hybridized carbons (Fsp3) is 0. The molecule has 9 heteroatoms. The van der Waals surface area contributed by atoms with E-state index >= 15 is 0 Å². The van der Waals surface area contributed by atoms with E-state index in [1.165, 1.54) is 17.4 Å². The summed E-state index contributed by atoms with van der Waals surface area (Å²) < 4.78 is 5.26. The highest BCUT2D eigenvalue weighted by atomic mass is 35.5. The lowest BCUT2D eigenvalue weighted by Crippen LogP contribution is -2.21. The molecule has 112 valence electrons. The molecule has 22 heavy (non-hydrogen) atoms. The maximum absolute atomic E-state index is 12.1. The van der Waals surface area contributed by atoms with E-state index in [2.05, 4.69) is 9.98 Å². The van der Waals surface area contributed by atoms with Gasteiger partial charge in [-0.2, -0.15) is 4.99 Å². The molecule has 0 saturated heterocycles. The molecule has 2 aromatic heterocycles. The van der Waals surface area contributed by atoms with Gasteiger partial charge in [-0.15, -0.1) is 11.3 Å². The van der Waals surface area contributed by atoms with Crippen molar-refractivity contribution in [3.05, 3.63) is 44.0 Å². The van der Waals surface area contributed by atoms with E-state index in [0.29, 0.717) is 21.2 Å². The number of fused-ring (bicyclic) bond motifs is 1. The lowest BCUT2D eigenvalue weighted by molar-refractivity contribution is 0.563. The van der Waals surface area contributed by atoms with Crippen molar-refractivity contribution in [2.75, 3.05) is 0 Å². The van der Waals surface area contributed by atoms with Gasteiger partial charge in [0.05, 0.1) is 16.3 Å². The Morgan fingerprint density at radius 3 is 2.77 bits per heavy atom. The average Bonchev–Trinajstić information content (AvgIpc) is 2.86. The summed E-state index contributed by atoms with van der Waals surface area (Å²) in [6.45, 7) is 0. The summed E-state index contributed by atoms with van der Waals surface area (Å²) in [5.74, 6) is -0.106. The summed E-state index contributed by atoms with van der Waals surface area (Å²) in [5.41, 5.74) is 11.0. The molecule has 4 N–H and O–H groups in total. The summed E-state index contributed by atoms with van der Waals surface area (Å²) >= 11 is 13.2. The van der Waals surface area contributed by atoms with Crippen LogP contribution in [0.3, 0.4) is 0 Å². The first-order valence-corrected chi connectivity index (χ1v) is 7.56. The summed E-state index contributed by atoms with van der Waals surface area (Å²) in [7, 11) is 0. The van der Waals surface area contributed by atoms with Gasteiger partial charge in [0, 0.05) is 15.8 Å². The van der Waals surface area contributed by atoms with E-state index in [1.54, 1.807) is 17.5 Å². The van der Waals surface area contributed by atoms with Gasteiger partial charge in [-0.1, -0.05) is 23.2 Å². The van der Waals surface area contributed by atoms with E-state index in [-0.39, 0.29) is 22.1 Å². The number of rotatable bonds is 2. The molecule has 0 atom stereocenters. The Labute approximate surface area is 138 Å². The molecule has 0 radical (unpaired) electrons. The van der Waals surface area contributed by atoms with E-state index in [4.69, 9.17) is 39.1 Å². The monoisotopic (exact) mass is 354 g/mol. The van der Waals surface area contributed by atoms with Gasteiger partial charge < -0.3 is 15.9 Å². The van der Waals surface area contributed by atoms with Crippen LogP contribution in [0.15, 0.2) is 37.8 Å². The van der Waals surface area contributed by atoms with Crippen LogP contribution in [0.1, 0.15) is 0 Å². The molecule has 0 amide bonds. The predicted octanol–water partition coefficient (Wildman–Crippen LogP) is 3.13. The van der Waals surface area contributed by atoms with Crippen LogP contribution >= 0.6 is 34.5 Å². The van der Waals surface area contributed by atoms with E-state index in [1.807, 2.05) is 0 Å². The maximum Gasteiger partial charge on any atom is 0.345 e. The van der Waals surface area contributed by atoms with Crippen molar-refractivity contribution in [1.82, 2.24) is 4.98 Å². The van der Waals surface area contributed by atoms with Crippen LogP contribution in [0.5, 0.6) is 0 Å². The van der Waals surface area contributed by atoms with Crippen molar-refractivity contribution in [3.8, 4) is 11.3 Å². The Balaban J connectivity index is 2.19. The molecule has 2 heterocycles. The quantitative estimate of drug-likeness (QED) is 0.417. The number of nitrogens with two attached hydrogens (primary N) is 2. The van der Waals surface area contributed by atoms with E-state index < -0.39 is 5.63 Å². The molecule has 0 bridgehead atoms. The number of guanidine groups is 1. The topological polar surface area (TPSA) is 108 Å². The van der Waals surface area contributed by atoms with Gasteiger partial charge in [-0.3, -0.25) is 0 Å². The standard InChI is InChI=1S/C13H8Cl2N4O2S/c14-6-1-5-2-7(11(20)21-10(5)8(15)3-6)9-4-22-13(18-9)19-12(16)17/h1-4H,(H4,16,17,18,19). The minimum absolute atomic E-state index is 0.106. The first-order chi connectivity index (χ1) is 10.4. The molecule has 1 aromatic carbocycles. The largest absolute Gasteiger partial charge is 0.421 e. The molecule has 0 fully saturated rings. The smallest absolute Gasteiger partial charge is 0.345 e. The zero-order valence-corrected chi connectivity index (χ0v) is 13.2. The third kappa shape index (κ3) is 2.78. The van der Waals surface area contributed by atoms with Crippen LogP contribution in [-0.4, -0.2) is 10.9 Å². The first-order valence-electron chi connectivity index (χ1n) is 5.92. The van der Waals surface area contributed by atoms with Crippen LogP contribution in [0.2, 0.25) is 10.0 Å². The lowest BCUT2D eigenvalue weighted by atomic mass is 10.1. The SMILES string of the molecule is NC(N)=Nc1nc(-c2cc3cc(Cl)cc(Cl)c3oc2=O)cs1. The number of hydrogen-bond donors (Lipinski definition) is 2. The predicted molar refractivity (Wildman–Crippen MR) is 89.1 cm³/mol. The second kappa shape index (κ2) is 5.60. The Morgan fingerprint density at radius 1 is 1.27 bits per heavy atom. The fourth-order valence-corrected chi connectivity index (χ4v) is 3.14. The minimum Gasteiger partial charge on any atom is -0.421 e. The van der Waals surface area contributed by atoms with Crippen molar-refractivity contribution >= 4 is 56.6 Å². The van der Waals surface area contributed by atoms with Crippen LogP contribution in [-0.2, 0) is 0 Å². The average molecular weight is 355 g/mol. The van der Waals surface area contributed by atoms with Crippen molar-refractivity contribution < 1.29 is 4.42 Å². The molecular formula is C13H8Cl2N4O2S. The zero-order chi connectivity index (χ0) is 15.9. The van der Waals surface area contributed by atoms with E-state index in [9.17, 15) is 4.79 Å². The van der Waals surface area contributed by atoms with Gasteiger partial charge in [0.25, 0.3) is 0 Å². The van der Waals surface area contributed by atoms with Gasteiger partial charge in [-0.05, 0) is 18.2 Å². The minimum atomic E-state index is -0.557. The summed E-state index contributed by atoms with van der Waals surface area (Å²) in [6, 6.07) is 4.78. The normalized spacial score (nSPS) is 10.8. The van der Waals surface area contributed by atoms with Gasteiger partial charge in [0.1, 0.15) is 0 Å². The molecular weight excluding hydrogens is 347 g/mol. The third-order valence-corrected chi connectivity index (χ3v) is 3.98. The van der Waals surface area contributed by atoms with Crippen LogP contribution in [0.25, 0.3) is 22.2 Å². The number of nitrogens with zero attached hydrogens (tertiary/aromatic N) is 2. The highest BCUT2D eigenvalue weighted by Gasteiger charge is 2.13.